The zero-order chi connectivity index (χ0) is 22.5. The van der Waals surface area contributed by atoms with Crippen molar-refractivity contribution in [3.63, 3.8) is 0 Å². The largest absolute Gasteiger partial charge is 0.508 e. The molecule has 4 rings (SSSR count). The second-order valence-electron chi connectivity index (χ2n) is 6.58. The second kappa shape index (κ2) is 9.35. The number of carbonyl (C=O) groups is 1. The van der Waals surface area contributed by atoms with Gasteiger partial charge in [0.05, 0.1) is 6.42 Å². The predicted molar refractivity (Wildman–Crippen MR) is 117 cm³/mol. The number of halogens is 1. The molecule has 0 unspecified atom stereocenters. The molecular weight excluding hydrogens is 435 g/mol. The lowest BCUT2D eigenvalue weighted by molar-refractivity contribution is -0.115. The first kappa shape index (κ1) is 21.1. The van der Waals surface area contributed by atoms with Crippen LogP contribution in [0.25, 0.3) is 0 Å². The molecule has 1 amide bonds. The molecule has 0 aliphatic carbocycles. The maximum Gasteiger partial charge on any atom is 0.327 e. The summed E-state index contributed by atoms with van der Waals surface area (Å²) in [6, 6.07) is 11.9. The molecule has 0 radical (unpaired) electrons. The summed E-state index contributed by atoms with van der Waals surface area (Å²) in [5.74, 6) is 0.537. The van der Waals surface area contributed by atoms with E-state index in [1.165, 1.54) is 41.7 Å². The van der Waals surface area contributed by atoms with Crippen molar-refractivity contribution in [2.24, 2.45) is 0 Å². The van der Waals surface area contributed by atoms with Crippen LogP contribution < -0.4 is 15.4 Å². The van der Waals surface area contributed by atoms with Crippen molar-refractivity contribution < 1.29 is 19.0 Å². The van der Waals surface area contributed by atoms with Crippen molar-refractivity contribution >= 4 is 34.0 Å². The molecule has 0 saturated heterocycles. The summed E-state index contributed by atoms with van der Waals surface area (Å²) >= 11 is 1.26. The lowest BCUT2D eigenvalue weighted by Gasteiger charge is -2.07. The summed E-state index contributed by atoms with van der Waals surface area (Å²) in [6.45, 7) is 1.70. The van der Waals surface area contributed by atoms with Crippen LogP contribution in [0.2, 0.25) is 0 Å². The van der Waals surface area contributed by atoms with Gasteiger partial charge in [-0.15, -0.1) is 11.3 Å². The Morgan fingerprint density at radius 2 is 1.97 bits per heavy atom. The molecule has 0 aliphatic rings. The zero-order valence-corrected chi connectivity index (χ0v) is 17.6. The first-order chi connectivity index (χ1) is 15.4. The molecule has 162 valence electrons. The van der Waals surface area contributed by atoms with Gasteiger partial charge >= 0.3 is 6.01 Å². The molecule has 0 atom stereocenters. The van der Waals surface area contributed by atoms with Gasteiger partial charge in [0, 0.05) is 16.8 Å². The van der Waals surface area contributed by atoms with Crippen LogP contribution in [-0.4, -0.2) is 30.9 Å². The summed E-state index contributed by atoms with van der Waals surface area (Å²) in [6.07, 6.45) is 1.65. The van der Waals surface area contributed by atoms with E-state index in [2.05, 4.69) is 30.6 Å². The minimum absolute atomic E-state index is 0.0805. The van der Waals surface area contributed by atoms with E-state index < -0.39 is 5.82 Å². The summed E-state index contributed by atoms with van der Waals surface area (Å²) in [5, 5.41) is 15.5. The Hall–Kier alpha value is -4.12. The van der Waals surface area contributed by atoms with Crippen molar-refractivity contribution in [3.8, 4) is 17.5 Å². The smallest absolute Gasteiger partial charge is 0.327 e. The number of amides is 1. The number of hydrogen-bond donors (Lipinski definition) is 3. The van der Waals surface area contributed by atoms with E-state index in [9.17, 15) is 14.3 Å². The third kappa shape index (κ3) is 5.73. The Balaban J connectivity index is 1.40. The summed E-state index contributed by atoms with van der Waals surface area (Å²) in [4.78, 5) is 29.7. The highest BCUT2D eigenvalue weighted by Gasteiger charge is 2.11. The third-order valence-corrected chi connectivity index (χ3v) is 4.90. The molecule has 0 aliphatic heterocycles. The first-order valence-corrected chi connectivity index (χ1v) is 10.2. The number of phenolic OH excluding ortho intramolecular Hbond substituents is 1. The zero-order valence-electron chi connectivity index (χ0n) is 16.7. The molecule has 0 bridgehead atoms. The van der Waals surface area contributed by atoms with Crippen LogP contribution in [0.5, 0.6) is 17.5 Å². The van der Waals surface area contributed by atoms with Gasteiger partial charge in [-0.2, -0.15) is 15.0 Å². The number of benzene rings is 2. The molecule has 11 heteroatoms. The molecule has 4 aromatic rings. The number of nitrogens with one attached hydrogen (secondary N) is 2. The van der Waals surface area contributed by atoms with E-state index >= 15 is 0 Å². The summed E-state index contributed by atoms with van der Waals surface area (Å²) < 4.78 is 18.9. The Kier molecular flexibility index (Phi) is 6.17. The van der Waals surface area contributed by atoms with Crippen LogP contribution in [0.4, 0.5) is 21.2 Å². The molecule has 32 heavy (non-hydrogen) atoms. The Labute approximate surface area is 186 Å². The summed E-state index contributed by atoms with van der Waals surface area (Å²) in [5.41, 5.74) is 0.389. The Morgan fingerprint density at radius 3 is 2.75 bits per heavy atom. The maximum absolute atomic E-state index is 13.2. The van der Waals surface area contributed by atoms with Gasteiger partial charge in [0.15, 0.2) is 5.13 Å². The van der Waals surface area contributed by atoms with Crippen LogP contribution in [0, 0.1) is 12.7 Å². The number of ether oxygens (including phenoxy) is 1. The number of anilines is 3. The number of phenols is 1. The first-order valence-electron chi connectivity index (χ1n) is 9.40. The maximum atomic E-state index is 13.2. The van der Waals surface area contributed by atoms with Gasteiger partial charge in [0.1, 0.15) is 23.1 Å². The number of aromatic nitrogens is 4. The van der Waals surface area contributed by atoms with Crippen molar-refractivity contribution in [2.75, 3.05) is 10.6 Å². The minimum atomic E-state index is -0.423. The third-order valence-electron chi connectivity index (χ3n) is 3.99. The number of thiazole rings is 1. The SMILES string of the molecule is Cc1nc(Nc2ncc(CC(=O)Nc3cccc(F)c3)s2)nc(Oc2ccc(O)cc2)n1. The monoisotopic (exact) mass is 452 g/mol. The molecule has 2 heterocycles. The van der Waals surface area contributed by atoms with Crippen molar-refractivity contribution in [1.29, 1.82) is 0 Å². The average molecular weight is 452 g/mol. The lowest BCUT2D eigenvalue weighted by Crippen LogP contribution is -2.13. The fourth-order valence-electron chi connectivity index (χ4n) is 2.65. The van der Waals surface area contributed by atoms with Crippen LogP contribution in [-0.2, 0) is 11.2 Å². The van der Waals surface area contributed by atoms with E-state index in [0.717, 1.165) is 0 Å². The molecule has 2 aromatic carbocycles. The number of rotatable bonds is 7. The quantitative estimate of drug-likeness (QED) is 0.381. The van der Waals surface area contributed by atoms with E-state index in [0.29, 0.717) is 27.3 Å². The second-order valence-corrected chi connectivity index (χ2v) is 7.69. The standard InChI is InChI=1S/C21H17FN6O3S/c1-12-24-19(27-20(25-12)31-16-7-5-15(29)6-8-16)28-21-23-11-17(32-21)10-18(30)26-14-4-2-3-13(22)9-14/h2-9,11,29H,10H2,1H3,(H,26,30)(H,23,24,25,27,28). The lowest BCUT2D eigenvalue weighted by atomic mass is 10.3. The number of nitrogens with zero attached hydrogens (tertiary/aromatic N) is 4. The highest BCUT2D eigenvalue weighted by atomic mass is 32.1. The Morgan fingerprint density at radius 1 is 1.16 bits per heavy atom. The molecular formula is C21H17FN6O3S. The van der Waals surface area contributed by atoms with Gasteiger partial charge in [0.25, 0.3) is 0 Å². The number of hydrogen-bond acceptors (Lipinski definition) is 9. The Bertz CT molecular complexity index is 1250. The normalized spacial score (nSPS) is 10.6. The fourth-order valence-corrected chi connectivity index (χ4v) is 3.46. The van der Waals surface area contributed by atoms with Gasteiger partial charge in [-0.25, -0.2) is 9.37 Å². The summed E-state index contributed by atoms with van der Waals surface area (Å²) in [7, 11) is 0. The predicted octanol–water partition coefficient (Wildman–Crippen LogP) is 4.20. The van der Waals surface area contributed by atoms with E-state index in [1.54, 1.807) is 31.3 Å². The van der Waals surface area contributed by atoms with Crippen LogP contribution in [0.15, 0.2) is 54.7 Å². The number of aryl methyl sites for hydroxylation is 1. The van der Waals surface area contributed by atoms with E-state index in [-0.39, 0.29) is 30.0 Å². The molecule has 2 aromatic heterocycles. The van der Waals surface area contributed by atoms with E-state index in [4.69, 9.17) is 4.74 Å². The molecule has 0 fully saturated rings. The molecule has 9 nitrogen and oxygen atoms in total. The van der Waals surface area contributed by atoms with Gasteiger partial charge in [-0.3, -0.25) is 10.1 Å². The average Bonchev–Trinajstić information content (AvgIpc) is 3.15. The highest BCUT2D eigenvalue weighted by molar-refractivity contribution is 7.15. The number of aromatic hydroxyl groups is 1. The minimum Gasteiger partial charge on any atom is -0.508 e. The molecule has 3 N–H and O–H groups in total. The van der Waals surface area contributed by atoms with E-state index in [1.807, 2.05) is 0 Å². The highest BCUT2D eigenvalue weighted by Crippen LogP contribution is 2.24. The van der Waals surface area contributed by atoms with Crippen LogP contribution in [0.1, 0.15) is 10.7 Å². The molecule has 0 saturated carbocycles. The van der Waals surface area contributed by atoms with Crippen molar-refractivity contribution in [1.82, 2.24) is 19.9 Å². The van der Waals surface area contributed by atoms with Gasteiger partial charge in [0.2, 0.25) is 11.9 Å². The van der Waals surface area contributed by atoms with Crippen LogP contribution >= 0.6 is 11.3 Å². The topological polar surface area (TPSA) is 122 Å². The van der Waals surface area contributed by atoms with Crippen molar-refractivity contribution in [2.45, 2.75) is 13.3 Å². The fraction of sp³-hybridized carbons (Fsp3) is 0.0952. The van der Waals surface area contributed by atoms with Crippen LogP contribution in [0.3, 0.4) is 0 Å². The molecule has 0 spiro atoms. The van der Waals surface area contributed by atoms with Gasteiger partial charge in [-0.1, -0.05) is 6.07 Å². The van der Waals surface area contributed by atoms with Crippen molar-refractivity contribution in [3.05, 3.63) is 71.2 Å². The van der Waals surface area contributed by atoms with Gasteiger partial charge < -0.3 is 15.2 Å². The number of carbonyl (C=O) groups excluding carboxylic acids is 1. The van der Waals surface area contributed by atoms with Gasteiger partial charge in [-0.05, 0) is 49.4 Å².